The van der Waals surface area contributed by atoms with Crippen molar-refractivity contribution in [3.63, 3.8) is 0 Å². The quantitative estimate of drug-likeness (QED) is 0.836. The first-order valence-electron chi connectivity index (χ1n) is 10.6. The van der Waals surface area contributed by atoms with Gasteiger partial charge in [0.1, 0.15) is 0 Å². The lowest BCUT2D eigenvalue weighted by molar-refractivity contribution is -0.125. The van der Waals surface area contributed by atoms with E-state index in [1.54, 1.807) is 11.3 Å². The molecule has 3 heterocycles. The van der Waals surface area contributed by atoms with Crippen LogP contribution in [-0.4, -0.2) is 39.6 Å². The monoisotopic (exact) mass is 414 g/mol. The fraction of sp³-hybridized carbons (Fsp3) is 0.591. The summed E-state index contributed by atoms with van der Waals surface area (Å²) in [6.07, 6.45) is 5.90. The number of aryl methyl sites for hydroxylation is 3. The molecule has 1 aliphatic heterocycles. The molecule has 2 aromatic rings. The van der Waals surface area contributed by atoms with Crippen LogP contribution >= 0.6 is 11.3 Å². The zero-order chi connectivity index (χ0) is 20.5. The third-order valence-corrected chi connectivity index (χ3v) is 7.63. The second kappa shape index (κ2) is 8.30. The molecule has 1 unspecified atom stereocenters. The molecule has 29 heavy (non-hydrogen) atoms. The van der Waals surface area contributed by atoms with Crippen LogP contribution in [0.3, 0.4) is 0 Å². The minimum absolute atomic E-state index is 0.0210. The molecule has 156 valence electrons. The molecule has 1 aliphatic carbocycles. The predicted octanol–water partition coefficient (Wildman–Crippen LogP) is 3.15. The number of nitrogens with zero attached hydrogens (tertiary/aromatic N) is 3. The number of carbonyl (C=O) groups is 2. The summed E-state index contributed by atoms with van der Waals surface area (Å²) in [7, 11) is 1.93. The summed E-state index contributed by atoms with van der Waals surface area (Å²) in [6.45, 7) is 6.28. The molecule has 0 bridgehead atoms. The Morgan fingerprint density at radius 2 is 2.00 bits per heavy atom. The van der Waals surface area contributed by atoms with E-state index in [0.717, 1.165) is 67.0 Å². The summed E-state index contributed by atoms with van der Waals surface area (Å²) >= 11 is 1.63. The number of likely N-dealkylation sites (tertiary alicyclic amines) is 1. The molecule has 2 aromatic heterocycles. The van der Waals surface area contributed by atoms with Gasteiger partial charge < -0.3 is 10.2 Å². The molecule has 1 atom stereocenters. The Balaban J connectivity index is 1.38. The number of amides is 2. The van der Waals surface area contributed by atoms with Gasteiger partial charge in [0.2, 0.25) is 5.91 Å². The van der Waals surface area contributed by atoms with Crippen LogP contribution in [0.2, 0.25) is 0 Å². The Hall–Kier alpha value is -2.15. The third kappa shape index (κ3) is 4.10. The van der Waals surface area contributed by atoms with Crippen molar-refractivity contribution in [2.24, 2.45) is 13.0 Å². The maximum absolute atomic E-state index is 12.8. The molecular weight excluding hydrogens is 384 g/mol. The van der Waals surface area contributed by atoms with Crippen LogP contribution in [0, 0.1) is 19.8 Å². The van der Waals surface area contributed by atoms with E-state index in [2.05, 4.69) is 10.4 Å². The molecule has 2 amide bonds. The first kappa shape index (κ1) is 20.1. The van der Waals surface area contributed by atoms with Gasteiger partial charge in [-0.25, -0.2) is 0 Å². The van der Waals surface area contributed by atoms with Gasteiger partial charge in [0.15, 0.2) is 0 Å². The number of nitrogens with one attached hydrogen (secondary N) is 1. The highest BCUT2D eigenvalue weighted by molar-refractivity contribution is 7.14. The summed E-state index contributed by atoms with van der Waals surface area (Å²) in [4.78, 5) is 29.7. The molecule has 1 saturated heterocycles. The Bertz CT molecular complexity index is 924. The number of fused-ring (bicyclic) bond motifs is 1. The van der Waals surface area contributed by atoms with Crippen molar-refractivity contribution in [3.8, 4) is 0 Å². The lowest BCUT2D eigenvalue weighted by Crippen LogP contribution is -2.35. The lowest BCUT2D eigenvalue weighted by atomic mass is 9.87. The molecule has 0 aromatic carbocycles. The standard InChI is InChI=1S/C22H30N4O2S/c1-14-18(15(2)25(3)24-14)13-23-21(27)16-7-8-19-17(11-16)12-20(29-19)22(28)26-9-5-4-6-10-26/h12,16H,4-11,13H2,1-3H3,(H,23,27). The summed E-state index contributed by atoms with van der Waals surface area (Å²) in [5.41, 5.74) is 4.35. The number of aromatic nitrogens is 2. The van der Waals surface area contributed by atoms with Crippen molar-refractivity contribution in [2.75, 3.05) is 13.1 Å². The molecular formula is C22H30N4O2S. The average molecular weight is 415 g/mol. The van der Waals surface area contributed by atoms with Crippen molar-refractivity contribution in [1.29, 1.82) is 0 Å². The second-order valence-corrected chi connectivity index (χ2v) is 9.48. The van der Waals surface area contributed by atoms with Crippen LogP contribution in [0.4, 0.5) is 0 Å². The van der Waals surface area contributed by atoms with E-state index in [4.69, 9.17) is 0 Å². The van der Waals surface area contributed by atoms with E-state index in [-0.39, 0.29) is 17.7 Å². The van der Waals surface area contributed by atoms with Crippen molar-refractivity contribution in [2.45, 2.75) is 58.9 Å². The Morgan fingerprint density at radius 1 is 1.24 bits per heavy atom. The normalized spacial score (nSPS) is 19.1. The number of carbonyl (C=O) groups excluding carboxylic acids is 2. The van der Waals surface area contributed by atoms with E-state index in [9.17, 15) is 9.59 Å². The van der Waals surface area contributed by atoms with Gasteiger partial charge >= 0.3 is 0 Å². The Kier molecular flexibility index (Phi) is 5.76. The summed E-state index contributed by atoms with van der Waals surface area (Å²) in [5, 5.41) is 7.53. The van der Waals surface area contributed by atoms with Gasteiger partial charge in [-0.3, -0.25) is 14.3 Å². The van der Waals surface area contributed by atoms with Crippen molar-refractivity contribution in [1.82, 2.24) is 20.0 Å². The first-order valence-corrected chi connectivity index (χ1v) is 11.4. The highest BCUT2D eigenvalue weighted by Crippen LogP contribution is 2.33. The largest absolute Gasteiger partial charge is 0.352 e. The van der Waals surface area contributed by atoms with Gasteiger partial charge in [0.05, 0.1) is 10.6 Å². The zero-order valence-corrected chi connectivity index (χ0v) is 18.4. The topological polar surface area (TPSA) is 67.2 Å². The Morgan fingerprint density at radius 3 is 2.69 bits per heavy atom. The highest BCUT2D eigenvalue weighted by Gasteiger charge is 2.29. The van der Waals surface area contributed by atoms with Gasteiger partial charge in [-0.15, -0.1) is 11.3 Å². The second-order valence-electron chi connectivity index (χ2n) is 8.34. The van der Waals surface area contributed by atoms with Crippen LogP contribution < -0.4 is 5.32 Å². The van der Waals surface area contributed by atoms with Gasteiger partial charge in [-0.05, 0) is 64.0 Å². The van der Waals surface area contributed by atoms with E-state index >= 15 is 0 Å². The van der Waals surface area contributed by atoms with Gasteiger partial charge in [-0.2, -0.15) is 5.10 Å². The van der Waals surface area contributed by atoms with E-state index in [1.165, 1.54) is 16.9 Å². The number of rotatable bonds is 4. The summed E-state index contributed by atoms with van der Waals surface area (Å²) in [5.74, 6) is 0.258. The first-order chi connectivity index (χ1) is 13.9. The van der Waals surface area contributed by atoms with Crippen LogP contribution in [-0.2, 0) is 31.2 Å². The molecule has 1 fully saturated rings. The van der Waals surface area contributed by atoms with E-state index < -0.39 is 0 Å². The van der Waals surface area contributed by atoms with Gasteiger partial charge in [0, 0.05) is 48.7 Å². The molecule has 1 N–H and O–H groups in total. The maximum Gasteiger partial charge on any atom is 0.263 e. The minimum Gasteiger partial charge on any atom is -0.352 e. The van der Waals surface area contributed by atoms with Crippen LogP contribution in [0.1, 0.15) is 62.7 Å². The molecule has 6 nitrogen and oxygen atoms in total. The van der Waals surface area contributed by atoms with Crippen LogP contribution in [0.15, 0.2) is 6.07 Å². The fourth-order valence-corrected chi connectivity index (χ4v) is 5.68. The minimum atomic E-state index is -0.0210. The SMILES string of the molecule is Cc1nn(C)c(C)c1CNC(=O)C1CCc2sc(C(=O)N3CCCCC3)cc2C1. The van der Waals surface area contributed by atoms with Crippen LogP contribution in [0.25, 0.3) is 0 Å². The predicted molar refractivity (Wildman–Crippen MR) is 114 cm³/mol. The molecule has 0 spiro atoms. The number of hydrogen-bond acceptors (Lipinski definition) is 4. The van der Waals surface area contributed by atoms with Gasteiger partial charge in [0.25, 0.3) is 5.91 Å². The zero-order valence-electron chi connectivity index (χ0n) is 17.6. The summed E-state index contributed by atoms with van der Waals surface area (Å²) in [6, 6.07) is 2.05. The number of hydrogen-bond donors (Lipinski definition) is 1. The molecule has 4 rings (SSSR count). The number of piperidine rings is 1. The van der Waals surface area contributed by atoms with Crippen LogP contribution in [0.5, 0.6) is 0 Å². The Labute approximate surface area is 176 Å². The lowest BCUT2D eigenvalue weighted by Gasteiger charge is -2.26. The van der Waals surface area contributed by atoms with Crippen molar-refractivity contribution < 1.29 is 9.59 Å². The molecule has 2 aliphatic rings. The van der Waals surface area contributed by atoms with Crippen molar-refractivity contribution in [3.05, 3.63) is 38.3 Å². The fourth-order valence-electron chi connectivity index (χ4n) is 4.50. The molecule has 7 heteroatoms. The third-order valence-electron chi connectivity index (χ3n) is 6.41. The summed E-state index contributed by atoms with van der Waals surface area (Å²) < 4.78 is 1.86. The van der Waals surface area contributed by atoms with E-state index in [0.29, 0.717) is 6.54 Å². The molecule has 0 saturated carbocycles. The highest BCUT2D eigenvalue weighted by atomic mass is 32.1. The molecule has 0 radical (unpaired) electrons. The van der Waals surface area contributed by atoms with Crippen molar-refractivity contribution >= 4 is 23.2 Å². The average Bonchev–Trinajstić information content (AvgIpc) is 3.26. The number of thiophene rings is 1. The van der Waals surface area contributed by atoms with Gasteiger partial charge in [-0.1, -0.05) is 0 Å². The van der Waals surface area contributed by atoms with E-state index in [1.807, 2.05) is 36.5 Å². The maximum atomic E-state index is 12.8. The smallest absolute Gasteiger partial charge is 0.263 e.